The van der Waals surface area contributed by atoms with Crippen LogP contribution in [0.5, 0.6) is 0 Å². The lowest BCUT2D eigenvalue weighted by molar-refractivity contribution is -0.113. The smallest absolute Gasteiger partial charge is 0.277 e. The molecular formula is C16H13N5O3S2. The maximum absolute atomic E-state index is 12.1. The second-order valence-corrected chi connectivity index (χ2v) is 7.48. The van der Waals surface area contributed by atoms with Crippen LogP contribution in [0, 0.1) is 13.8 Å². The molecular weight excluding hydrogens is 374 g/mol. The largest absolute Gasteiger partial charge is 0.409 e. The molecule has 0 atom stereocenters. The monoisotopic (exact) mass is 387 g/mol. The predicted molar refractivity (Wildman–Crippen MR) is 98.2 cm³/mol. The molecule has 3 heterocycles. The van der Waals surface area contributed by atoms with E-state index in [9.17, 15) is 4.79 Å². The Bertz CT molecular complexity index is 1080. The van der Waals surface area contributed by atoms with E-state index >= 15 is 0 Å². The van der Waals surface area contributed by atoms with Gasteiger partial charge in [0.15, 0.2) is 10.8 Å². The van der Waals surface area contributed by atoms with Crippen molar-refractivity contribution in [2.45, 2.75) is 19.1 Å². The number of nitrogens with one attached hydrogen (secondary N) is 1. The second-order valence-electron chi connectivity index (χ2n) is 5.52. The van der Waals surface area contributed by atoms with E-state index in [1.165, 1.54) is 11.3 Å². The summed E-state index contributed by atoms with van der Waals surface area (Å²) in [6, 6.07) is 7.68. The van der Waals surface area contributed by atoms with Crippen molar-refractivity contribution in [2.75, 3.05) is 11.1 Å². The fraction of sp³-hybridized carbons (Fsp3) is 0.188. The summed E-state index contributed by atoms with van der Waals surface area (Å²) in [6.45, 7) is 3.79. The average molecular weight is 387 g/mol. The molecule has 0 radical (unpaired) electrons. The molecule has 10 heteroatoms. The Kier molecular flexibility index (Phi) is 4.43. The molecule has 0 bridgehead atoms. The molecule has 0 fully saturated rings. The van der Waals surface area contributed by atoms with Crippen molar-refractivity contribution < 1.29 is 13.7 Å². The van der Waals surface area contributed by atoms with E-state index in [1.54, 1.807) is 13.0 Å². The highest BCUT2D eigenvalue weighted by molar-refractivity contribution is 7.99. The normalized spacial score (nSPS) is 11.2. The molecule has 3 aromatic heterocycles. The highest BCUT2D eigenvalue weighted by Gasteiger charge is 2.15. The molecule has 1 N–H and O–H groups in total. The number of carbonyl (C=O) groups excluding carboxylic acids is 1. The Labute approximate surface area is 156 Å². The summed E-state index contributed by atoms with van der Waals surface area (Å²) >= 11 is 2.59. The highest BCUT2D eigenvalue weighted by atomic mass is 32.2. The third kappa shape index (κ3) is 3.60. The van der Waals surface area contributed by atoms with Crippen LogP contribution < -0.4 is 5.32 Å². The number of carbonyl (C=O) groups is 1. The number of hydrogen-bond donors (Lipinski definition) is 1. The van der Waals surface area contributed by atoms with E-state index in [2.05, 4.69) is 25.7 Å². The van der Waals surface area contributed by atoms with Gasteiger partial charge in [-0.05, 0) is 31.5 Å². The molecule has 4 aromatic rings. The van der Waals surface area contributed by atoms with Crippen LogP contribution in [-0.4, -0.2) is 32.0 Å². The number of amides is 1. The molecule has 0 aliphatic heterocycles. The van der Waals surface area contributed by atoms with Crippen molar-refractivity contribution in [3.05, 3.63) is 35.6 Å². The SMILES string of the molecule is Cc1ccc2nc(NC(=O)CSc3nnc(-c4cc(C)on4)o3)sc2c1. The zero-order valence-electron chi connectivity index (χ0n) is 13.8. The number of rotatable bonds is 5. The summed E-state index contributed by atoms with van der Waals surface area (Å²) in [6.07, 6.45) is 0. The molecule has 26 heavy (non-hydrogen) atoms. The number of aromatic nitrogens is 4. The Balaban J connectivity index is 1.37. The van der Waals surface area contributed by atoms with Crippen molar-refractivity contribution >= 4 is 44.4 Å². The number of benzene rings is 1. The Morgan fingerprint density at radius 2 is 2.15 bits per heavy atom. The van der Waals surface area contributed by atoms with Crippen molar-refractivity contribution in [3.8, 4) is 11.6 Å². The minimum absolute atomic E-state index is 0.133. The van der Waals surface area contributed by atoms with Gasteiger partial charge in [-0.15, -0.1) is 10.2 Å². The van der Waals surface area contributed by atoms with Crippen molar-refractivity contribution in [3.63, 3.8) is 0 Å². The van der Waals surface area contributed by atoms with Crippen LogP contribution in [0.3, 0.4) is 0 Å². The maximum atomic E-state index is 12.1. The lowest BCUT2D eigenvalue weighted by Gasteiger charge is -1.98. The fourth-order valence-electron chi connectivity index (χ4n) is 2.21. The minimum atomic E-state index is -0.192. The van der Waals surface area contributed by atoms with Crippen molar-refractivity contribution in [2.24, 2.45) is 0 Å². The zero-order valence-corrected chi connectivity index (χ0v) is 15.5. The van der Waals surface area contributed by atoms with Crippen LogP contribution in [0.15, 0.2) is 38.4 Å². The molecule has 0 spiro atoms. The quantitative estimate of drug-likeness (QED) is 0.517. The first-order valence-corrected chi connectivity index (χ1v) is 9.44. The fourth-order valence-corrected chi connectivity index (χ4v) is 3.75. The molecule has 0 unspecified atom stereocenters. The molecule has 0 saturated heterocycles. The summed E-state index contributed by atoms with van der Waals surface area (Å²) < 4.78 is 11.5. The number of hydrogen-bond acceptors (Lipinski definition) is 9. The van der Waals surface area contributed by atoms with Crippen molar-refractivity contribution in [1.29, 1.82) is 0 Å². The number of nitrogens with zero attached hydrogens (tertiary/aromatic N) is 4. The van der Waals surface area contributed by atoms with E-state index in [1.807, 2.05) is 25.1 Å². The Morgan fingerprint density at radius 3 is 2.96 bits per heavy atom. The van der Waals surface area contributed by atoms with Gasteiger partial charge in [0.05, 0.1) is 16.0 Å². The molecule has 132 valence electrons. The first kappa shape index (κ1) is 16.7. The van der Waals surface area contributed by atoms with Gasteiger partial charge in [-0.1, -0.05) is 34.3 Å². The van der Waals surface area contributed by atoms with E-state index in [-0.39, 0.29) is 22.8 Å². The van der Waals surface area contributed by atoms with Crippen molar-refractivity contribution in [1.82, 2.24) is 20.3 Å². The average Bonchev–Trinajstić information content (AvgIpc) is 3.31. The highest BCUT2D eigenvalue weighted by Crippen LogP contribution is 2.27. The minimum Gasteiger partial charge on any atom is -0.409 e. The van der Waals surface area contributed by atoms with E-state index in [0.29, 0.717) is 16.6 Å². The summed E-state index contributed by atoms with van der Waals surface area (Å²) in [5.74, 6) is 0.848. The van der Waals surface area contributed by atoms with Gasteiger partial charge >= 0.3 is 0 Å². The number of aryl methyl sites for hydroxylation is 2. The van der Waals surface area contributed by atoms with E-state index < -0.39 is 0 Å². The van der Waals surface area contributed by atoms with E-state index in [4.69, 9.17) is 8.94 Å². The van der Waals surface area contributed by atoms with Crippen LogP contribution in [0.1, 0.15) is 11.3 Å². The van der Waals surface area contributed by atoms with Crippen LogP contribution in [0.25, 0.3) is 21.8 Å². The third-order valence-corrected chi connectivity index (χ3v) is 5.12. The van der Waals surface area contributed by atoms with Gasteiger partial charge in [-0.2, -0.15) is 0 Å². The summed E-state index contributed by atoms with van der Waals surface area (Å²) in [5.41, 5.74) is 2.49. The first-order valence-electron chi connectivity index (χ1n) is 7.64. The lowest BCUT2D eigenvalue weighted by Crippen LogP contribution is -2.13. The number of thioether (sulfide) groups is 1. The standard InChI is InChI=1S/C16H13N5O3S2/c1-8-3-4-10-12(5-8)26-15(17-10)18-13(22)7-25-16-20-19-14(23-16)11-6-9(2)24-21-11/h3-6H,7H2,1-2H3,(H,17,18,22). The molecule has 0 saturated carbocycles. The van der Waals surface area contributed by atoms with Crippen LogP contribution in [-0.2, 0) is 4.79 Å². The molecule has 0 aliphatic carbocycles. The summed E-state index contributed by atoms with van der Waals surface area (Å²) in [7, 11) is 0. The second kappa shape index (κ2) is 6.89. The van der Waals surface area contributed by atoms with Crippen LogP contribution in [0.4, 0.5) is 5.13 Å². The van der Waals surface area contributed by atoms with Gasteiger partial charge in [0.2, 0.25) is 5.91 Å². The third-order valence-electron chi connectivity index (χ3n) is 3.37. The maximum Gasteiger partial charge on any atom is 0.277 e. The van der Waals surface area contributed by atoms with Gasteiger partial charge in [-0.3, -0.25) is 4.79 Å². The molecule has 0 aliphatic rings. The topological polar surface area (TPSA) is 107 Å². The Hall–Kier alpha value is -2.72. The number of fused-ring (bicyclic) bond motifs is 1. The number of anilines is 1. The van der Waals surface area contributed by atoms with Crippen LogP contribution >= 0.6 is 23.1 Å². The molecule has 8 nitrogen and oxygen atoms in total. The number of thiazole rings is 1. The molecule has 1 aromatic carbocycles. The Morgan fingerprint density at radius 1 is 1.27 bits per heavy atom. The van der Waals surface area contributed by atoms with Gasteiger partial charge in [0, 0.05) is 6.07 Å². The molecule has 4 rings (SSSR count). The van der Waals surface area contributed by atoms with Gasteiger partial charge in [0.25, 0.3) is 11.1 Å². The zero-order chi connectivity index (χ0) is 18.1. The van der Waals surface area contributed by atoms with Crippen LogP contribution in [0.2, 0.25) is 0 Å². The lowest BCUT2D eigenvalue weighted by atomic mass is 10.2. The van der Waals surface area contributed by atoms with Gasteiger partial charge < -0.3 is 14.3 Å². The predicted octanol–water partition coefficient (Wildman–Crippen LogP) is 3.68. The van der Waals surface area contributed by atoms with E-state index in [0.717, 1.165) is 27.5 Å². The van der Waals surface area contributed by atoms with Gasteiger partial charge in [0.1, 0.15) is 5.76 Å². The summed E-state index contributed by atoms with van der Waals surface area (Å²) in [5, 5.41) is 15.3. The summed E-state index contributed by atoms with van der Waals surface area (Å²) in [4.78, 5) is 16.5. The van der Waals surface area contributed by atoms with Gasteiger partial charge in [-0.25, -0.2) is 4.98 Å². The molecule has 1 amide bonds. The first-order chi connectivity index (χ1) is 12.6.